The van der Waals surface area contributed by atoms with Gasteiger partial charge in [-0.2, -0.15) is 0 Å². The molecule has 0 aliphatic heterocycles. The molecule has 4 aromatic carbocycles. The molecule has 2 nitrogen and oxygen atoms in total. The van der Waals surface area contributed by atoms with E-state index in [1.807, 2.05) is 36.4 Å². The van der Waals surface area contributed by atoms with Gasteiger partial charge in [-0.1, -0.05) is 109 Å². The first-order chi connectivity index (χ1) is 15.2. The topological polar surface area (TPSA) is 29.1 Å². The van der Waals surface area contributed by atoms with Gasteiger partial charge in [-0.05, 0) is 37.1 Å². The highest BCUT2D eigenvalue weighted by Crippen LogP contribution is 2.36. The van der Waals surface area contributed by atoms with E-state index in [2.05, 4.69) is 84.2 Å². The van der Waals surface area contributed by atoms with Crippen LogP contribution in [0.5, 0.6) is 0 Å². The summed E-state index contributed by atoms with van der Waals surface area (Å²) in [7, 11) is -0.761. The van der Waals surface area contributed by atoms with Gasteiger partial charge >= 0.3 is 0 Å². The van der Waals surface area contributed by atoms with E-state index in [0.717, 1.165) is 16.9 Å². The average molecular weight is 421 g/mol. The third kappa shape index (κ3) is 5.17. The maximum absolute atomic E-state index is 12.0. The molecular weight excluding hydrogens is 397 g/mol. The van der Waals surface area contributed by atoms with Crippen molar-refractivity contribution in [1.82, 2.24) is 0 Å². The van der Waals surface area contributed by atoms with Crippen molar-refractivity contribution in [3.8, 4) is 0 Å². The van der Waals surface area contributed by atoms with Gasteiger partial charge < -0.3 is 5.32 Å². The zero-order valence-corrected chi connectivity index (χ0v) is 18.3. The Morgan fingerprint density at radius 1 is 0.677 bits per heavy atom. The highest BCUT2D eigenvalue weighted by molar-refractivity contribution is 7.80. The highest BCUT2D eigenvalue weighted by atomic mass is 31.1. The summed E-state index contributed by atoms with van der Waals surface area (Å²) >= 11 is 0. The number of benzene rings is 4. The third-order valence-corrected chi connectivity index (χ3v) is 7.38. The first kappa shape index (κ1) is 20.8. The average Bonchev–Trinajstić information content (AvgIpc) is 2.82. The van der Waals surface area contributed by atoms with Gasteiger partial charge in [-0.25, -0.2) is 0 Å². The molecule has 0 amide bonds. The van der Waals surface area contributed by atoms with Crippen LogP contribution in [0.25, 0.3) is 5.70 Å². The molecule has 0 bridgehead atoms. The first-order valence-electron chi connectivity index (χ1n) is 10.3. The Bertz CT molecular complexity index is 1130. The molecule has 0 fully saturated rings. The summed E-state index contributed by atoms with van der Waals surface area (Å²) in [5, 5.41) is 7.37. The molecule has 0 aliphatic rings. The maximum Gasteiger partial charge on any atom is 0.154 e. The quantitative estimate of drug-likeness (QED) is 0.316. The fourth-order valence-electron chi connectivity index (χ4n) is 3.51. The molecule has 152 valence electrons. The summed E-state index contributed by atoms with van der Waals surface area (Å²) in [5.74, 6) is 0.0113. The predicted molar refractivity (Wildman–Crippen MR) is 134 cm³/mol. The molecule has 31 heavy (non-hydrogen) atoms. The normalized spacial score (nSPS) is 11.4. The van der Waals surface area contributed by atoms with Crippen LogP contribution in [0.3, 0.4) is 0 Å². The number of ketones is 1. The van der Waals surface area contributed by atoms with Crippen molar-refractivity contribution in [3.05, 3.63) is 127 Å². The molecular formula is C28H24NOP. The minimum Gasteiger partial charge on any atom is -0.354 e. The monoisotopic (exact) mass is 421 g/mol. The number of carbonyl (C=O) groups excluding carboxylic acids is 1. The smallest absolute Gasteiger partial charge is 0.154 e. The van der Waals surface area contributed by atoms with Gasteiger partial charge in [0.2, 0.25) is 0 Å². The Morgan fingerprint density at radius 3 is 1.71 bits per heavy atom. The molecule has 0 atom stereocenters. The van der Waals surface area contributed by atoms with Gasteiger partial charge in [0.15, 0.2) is 5.78 Å². The minimum absolute atomic E-state index is 0.0113. The Morgan fingerprint density at radius 2 is 1.16 bits per heavy atom. The second-order valence-corrected chi connectivity index (χ2v) is 9.37. The van der Waals surface area contributed by atoms with Crippen LogP contribution in [0, 0.1) is 0 Å². The molecule has 0 heterocycles. The molecule has 4 rings (SSSR count). The van der Waals surface area contributed by atoms with Crippen molar-refractivity contribution in [2.75, 3.05) is 5.32 Å². The predicted octanol–water partition coefficient (Wildman–Crippen LogP) is 5.49. The molecule has 4 aromatic rings. The minimum atomic E-state index is -0.761. The van der Waals surface area contributed by atoms with Crippen LogP contribution in [0.1, 0.15) is 12.5 Å². The van der Waals surface area contributed by atoms with Crippen molar-refractivity contribution >= 4 is 41.0 Å². The van der Waals surface area contributed by atoms with Crippen LogP contribution < -0.4 is 21.2 Å². The fourth-order valence-corrected chi connectivity index (χ4v) is 5.91. The standard InChI is InChI=1S/C28H24NOP/c1-22(30)21-27(23-13-5-2-6-14-23)29-26-19-11-12-20-28(26)31(24-15-7-3-8-16-24)25-17-9-4-10-18-25/h2-21,29H,1H3/b27-21-. The van der Waals surface area contributed by atoms with Gasteiger partial charge in [0.1, 0.15) is 0 Å². The van der Waals surface area contributed by atoms with Gasteiger partial charge in [0.05, 0.1) is 0 Å². The van der Waals surface area contributed by atoms with Crippen LogP contribution >= 0.6 is 7.92 Å². The first-order valence-corrected chi connectivity index (χ1v) is 11.6. The van der Waals surface area contributed by atoms with E-state index in [1.54, 1.807) is 13.0 Å². The summed E-state index contributed by atoms with van der Waals surface area (Å²) in [6.45, 7) is 1.58. The molecule has 0 unspecified atom stereocenters. The summed E-state index contributed by atoms with van der Waals surface area (Å²) in [6, 6.07) is 39.6. The van der Waals surface area contributed by atoms with Crippen molar-refractivity contribution in [3.63, 3.8) is 0 Å². The van der Waals surface area contributed by atoms with E-state index in [9.17, 15) is 4.79 Å². The lowest BCUT2D eigenvalue weighted by atomic mass is 10.1. The Hall–Kier alpha value is -3.48. The van der Waals surface area contributed by atoms with Gasteiger partial charge in [-0.15, -0.1) is 0 Å². The summed E-state index contributed by atoms with van der Waals surface area (Å²) < 4.78 is 0. The SMILES string of the molecule is CC(=O)/C=C(\Nc1ccccc1P(c1ccccc1)c1ccccc1)c1ccccc1. The summed E-state index contributed by atoms with van der Waals surface area (Å²) in [4.78, 5) is 12.0. The second kappa shape index (κ2) is 10.0. The van der Waals surface area contributed by atoms with Crippen molar-refractivity contribution < 1.29 is 4.79 Å². The molecule has 1 N–H and O–H groups in total. The van der Waals surface area contributed by atoms with E-state index in [4.69, 9.17) is 0 Å². The van der Waals surface area contributed by atoms with Crippen LogP contribution in [0.15, 0.2) is 121 Å². The number of nitrogens with one attached hydrogen (secondary N) is 1. The number of carbonyl (C=O) groups is 1. The Labute approximate surface area is 185 Å². The van der Waals surface area contributed by atoms with Crippen LogP contribution in [0.4, 0.5) is 5.69 Å². The maximum atomic E-state index is 12.0. The fraction of sp³-hybridized carbons (Fsp3) is 0.0357. The van der Waals surface area contributed by atoms with Gasteiger partial charge in [0.25, 0.3) is 0 Å². The van der Waals surface area contributed by atoms with Crippen molar-refractivity contribution in [2.45, 2.75) is 6.92 Å². The number of rotatable bonds is 7. The van der Waals surface area contributed by atoms with E-state index >= 15 is 0 Å². The lowest BCUT2D eigenvalue weighted by Crippen LogP contribution is -2.23. The molecule has 0 saturated heterocycles. The molecule has 0 spiro atoms. The lowest BCUT2D eigenvalue weighted by Gasteiger charge is -2.23. The van der Waals surface area contributed by atoms with Gasteiger partial charge in [0, 0.05) is 22.8 Å². The van der Waals surface area contributed by atoms with Crippen molar-refractivity contribution in [1.29, 1.82) is 0 Å². The summed E-state index contributed by atoms with van der Waals surface area (Å²) in [6.07, 6.45) is 1.67. The van der Waals surface area contributed by atoms with E-state index < -0.39 is 7.92 Å². The molecule has 0 saturated carbocycles. The number of anilines is 1. The van der Waals surface area contributed by atoms with Crippen LogP contribution in [0.2, 0.25) is 0 Å². The van der Waals surface area contributed by atoms with Crippen LogP contribution in [-0.2, 0) is 4.79 Å². The molecule has 0 radical (unpaired) electrons. The van der Waals surface area contributed by atoms with Crippen LogP contribution in [-0.4, -0.2) is 5.78 Å². The van der Waals surface area contributed by atoms with Crippen molar-refractivity contribution in [2.24, 2.45) is 0 Å². The van der Waals surface area contributed by atoms with E-state index in [1.165, 1.54) is 15.9 Å². The molecule has 0 aliphatic carbocycles. The Kier molecular flexibility index (Phi) is 6.72. The Balaban J connectivity index is 1.82. The zero-order valence-electron chi connectivity index (χ0n) is 17.4. The zero-order chi connectivity index (χ0) is 21.5. The van der Waals surface area contributed by atoms with E-state index in [0.29, 0.717) is 0 Å². The highest BCUT2D eigenvalue weighted by Gasteiger charge is 2.19. The second-order valence-electron chi connectivity index (χ2n) is 7.18. The number of hydrogen-bond donors (Lipinski definition) is 1. The van der Waals surface area contributed by atoms with Gasteiger partial charge in [-0.3, -0.25) is 4.79 Å². The third-order valence-electron chi connectivity index (χ3n) is 4.88. The van der Waals surface area contributed by atoms with E-state index in [-0.39, 0.29) is 5.78 Å². The number of allylic oxidation sites excluding steroid dienone is 1. The summed E-state index contributed by atoms with van der Waals surface area (Å²) in [5.41, 5.74) is 2.80. The number of hydrogen-bond acceptors (Lipinski definition) is 2. The lowest BCUT2D eigenvalue weighted by molar-refractivity contribution is -0.112. The molecule has 0 aromatic heterocycles. The molecule has 3 heteroatoms. The number of para-hydroxylation sites is 1. The largest absolute Gasteiger partial charge is 0.354 e.